The molecule has 0 spiro atoms. The van der Waals surface area contributed by atoms with Crippen molar-refractivity contribution in [3.8, 4) is 0 Å². The largest absolute Gasteiger partial charge is 0.481 e. The quantitative estimate of drug-likeness (QED) is 0.619. The fourth-order valence-corrected chi connectivity index (χ4v) is 1.79. The molecule has 0 aliphatic carbocycles. The van der Waals surface area contributed by atoms with E-state index in [9.17, 15) is 14.4 Å². The van der Waals surface area contributed by atoms with Gasteiger partial charge in [-0.25, -0.2) is 14.7 Å². The van der Waals surface area contributed by atoms with Gasteiger partial charge in [-0.3, -0.25) is 9.59 Å². The van der Waals surface area contributed by atoms with Crippen LogP contribution in [0.4, 0.5) is 10.5 Å². The lowest BCUT2D eigenvalue weighted by Crippen LogP contribution is -2.32. The van der Waals surface area contributed by atoms with Crippen molar-refractivity contribution < 1.29 is 19.5 Å². The molecule has 2 heterocycles. The second-order valence-corrected chi connectivity index (χ2v) is 4.00. The van der Waals surface area contributed by atoms with Crippen LogP contribution in [0.25, 0.3) is 0 Å². The van der Waals surface area contributed by atoms with Gasteiger partial charge in [0.15, 0.2) is 0 Å². The van der Waals surface area contributed by atoms with Crippen LogP contribution in [0.15, 0.2) is 18.3 Å². The number of aliphatic carboxylic acids is 1. The molecule has 1 unspecified atom stereocenters. The molecular formula is C10H8ClN3O4. The van der Waals surface area contributed by atoms with Gasteiger partial charge >= 0.3 is 12.0 Å². The van der Waals surface area contributed by atoms with Crippen LogP contribution >= 0.6 is 11.6 Å². The average molecular weight is 270 g/mol. The first-order valence-corrected chi connectivity index (χ1v) is 5.34. The van der Waals surface area contributed by atoms with Crippen molar-refractivity contribution in [2.75, 3.05) is 4.90 Å². The second-order valence-electron chi connectivity index (χ2n) is 3.61. The van der Waals surface area contributed by atoms with Crippen LogP contribution in [-0.2, 0) is 9.59 Å². The van der Waals surface area contributed by atoms with Crippen molar-refractivity contribution in [2.24, 2.45) is 0 Å². The molecule has 0 radical (unpaired) electrons. The molecule has 2 rings (SSSR count). The summed E-state index contributed by atoms with van der Waals surface area (Å²) in [5.74, 6) is -1.78. The highest BCUT2D eigenvalue weighted by molar-refractivity contribution is 6.30. The second kappa shape index (κ2) is 4.61. The van der Waals surface area contributed by atoms with Gasteiger partial charge in [-0.05, 0) is 12.1 Å². The Morgan fingerprint density at radius 2 is 2.28 bits per heavy atom. The van der Waals surface area contributed by atoms with Crippen LogP contribution in [-0.4, -0.2) is 34.0 Å². The van der Waals surface area contributed by atoms with Gasteiger partial charge in [0.2, 0.25) is 0 Å². The topological polar surface area (TPSA) is 99.6 Å². The molecule has 1 aromatic rings. The predicted molar refractivity (Wildman–Crippen MR) is 61.3 cm³/mol. The molecule has 0 bridgehead atoms. The predicted octanol–water partition coefficient (Wildman–Crippen LogP) is 0.635. The number of aromatic nitrogens is 1. The van der Waals surface area contributed by atoms with Crippen LogP contribution < -0.4 is 10.2 Å². The number of carbonyl (C=O) groups is 3. The van der Waals surface area contributed by atoms with E-state index in [1.165, 1.54) is 18.3 Å². The molecule has 2 N–H and O–H groups in total. The van der Waals surface area contributed by atoms with Gasteiger partial charge in [0, 0.05) is 6.20 Å². The fraction of sp³-hybridized carbons (Fsp3) is 0.200. The van der Waals surface area contributed by atoms with E-state index in [2.05, 4.69) is 10.3 Å². The number of imide groups is 1. The summed E-state index contributed by atoms with van der Waals surface area (Å²) < 4.78 is 0. The summed E-state index contributed by atoms with van der Waals surface area (Å²) >= 11 is 5.66. The smallest absolute Gasteiger partial charge is 0.329 e. The van der Waals surface area contributed by atoms with Crippen LogP contribution in [0.5, 0.6) is 0 Å². The molecule has 8 heteroatoms. The molecule has 0 saturated carbocycles. The standard InChI is InChI=1S/C10H8ClN3O4/c11-7-3-5(1-2-12-7)14-9(17)6(4-8(15)16)13-10(14)18/h1-3,6H,4H2,(H,13,18)(H,15,16). The van der Waals surface area contributed by atoms with Crippen LogP contribution in [0.3, 0.4) is 0 Å². The van der Waals surface area contributed by atoms with Gasteiger partial charge in [-0.15, -0.1) is 0 Å². The Hall–Kier alpha value is -2.15. The normalized spacial score (nSPS) is 18.9. The number of carboxylic acids is 1. The van der Waals surface area contributed by atoms with Crippen molar-refractivity contribution in [3.05, 3.63) is 23.5 Å². The molecular weight excluding hydrogens is 262 g/mol. The fourth-order valence-electron chi connectivity index (χ4n) is 1.62. The maximum Gasteiger partial charge on any atom is 0.329 e. The van der Waals surface area contributed by atoms with Crippen LogP contribution in [0, 0.1) is 0 Å². The summed E-state index contributed by atoms with van der Waals surface area (Å²) in [6.45, 7) is 0. The third-order valence-electron chi connectivity index (χ3n) is 2.37. The number of urea groups is 1. The third kappa shape index (κ3) is 2.25. The van der Waals surface area contributed by atoms with E-state index in [0.717, 1.165) is 4.90 Å². The van der Waals surface area contributed by atoms with E-state index in [1.54, 1.807) is 0 Å². The maximum atomic E-state index is 11.9. The van der Waals surface area contributed by atoms with E-state index >= 15 is 0 Å². The Labute approximate surface area is 106 Å². The van der Waals surface area contributed by atoms with Crippen molar-refractivity contribution in [1.29, 1.82) is 0 Å². The first-order valence-electron chi connectivity index (χ1n) is 4.97. The van der Waals surface area contributed by atoms with E-state index < -0.39 is 30.4 Å². The lowest BCUT2D eigenvalue weighted by Gasteiger charge is -2.12. The monoisotopic (exact) mass is 269 g/mol. The van der Waals surface area contributed by atoms with Gasteiger partial charge < -0.3 is 10.4 Å². The van der Waals surface area contributed by atoms with Crippen molar-refractivity contribution in [2.45, 2.75) is 12.5 Å². The number of carboxylic acid groups (broad SMARTS) is 1. The summed E-state index contributed by atoms with van der Waals surface area (Å²) in [5.41, 5.74) is 0.255. The molecule has 1 aromatic heterocycles. The first-order chi connectivity index (χ1) is 8.49. The van der Waals surface area contributed by atoms with Gasteiger partial charge in [0.05, 0.1) is 12.1 Å². The number of hydrogen-bond acceptors (Lipinski definition) is 4. The average Bonchev–Trinajstić information content (AvgIpc) is 2.53. The lowest BCUT2D eigenvalue weighted by molar-refractivity contribution is -0.139. The van der Waals surface area contributed by atoms with E-state index in [1.807, 2.05) is 0 Å². The number of nitrogens with one attached hydrogen (secondary N) is 1. The number of hydrogen-bond donors (Lipinski definition) is 2. The van der Waals surface area contributed by atoms with Crippen molar-refractivity contribution in [3.63, 3.8) is 0 Å². The lowest BCUT2D eigenvalue weighted by atomic mass is 10.2. The SMILES string of the molecule is O=C(O)CC1NC(=O)N(c2ccnc(Cl)c2)C1=O. The number of carbonyl (C=O) groups excluding carboxylic acids is 2. The van der Waals surface area contributed by atoms with Gasteiger partial charge in [0.1, 0.15) is 11.2 Å². The van der Waals surface area contributed by atoms with E-state index in [0.29, 0.717) is 0 Å². The molecule has 1 fully saturated rings. The van der Waals surface area contributed by atoms with Crippen LogP contribution in [0.2, 0.25) is 5.15 Å². The molecule has 1 atom stereocenters. The first kappa shape index (κ1) is 12.3. The molecule has 1 aliphatic rings. The van der Waals surface area contributed by atoms with Crippen LogP contribution in [0.1, 0.15) is 6.42 Å². The van der Waals surface area contributed by atoms with Crippen molar-refractivity contribution in [1.82, 2.24) is 10.3 Å². The Morgan fingerprint density at radius 3 is 2.89 bits per heavy atom. The molecule has 7 nitrogen and oxygen atoms in total. The Balaban J connectivity index is 2.27. The third-order valence-corrected chi connectivity index (χ3v) is 2.57. The van der Waals surface area contributed by atoms with Gasteiger partial charge in [0.25, 0.3) is 5.91 Å². The zero-order valence-electron chi connectivity index (χ0n) is 8.96. The minimum Gasteiger partial charge on any atom is -0.481 e. The Kier molecular flexibility index (Phi) is 3.15. The summed E-state index contributed by atoms with van der Waals surface area (Å²) in [5, 5.41) is 11.1. The Morgan fingerprint density at radius 1 is 1.56 bits per heavy atom. The number of rotatable bonds is 3. The highest BCUT2D eigenvalue weighted by atomic mass is 35.5. The summed E-state index contributed by atoms with van der Waals surface area (Å²) in [4.78, 5) is 38.6. The molecule has 18 heavy (non-hydrogen) atoms. The molecule has 0 aromatic carbocycles. The summed E-state index contributed by atoms with van der Waals surface area (Å²) in [7, 11) is 0. The number of halogens is 1. The Bertz CT molecular complexity index is 534. The number of nitrogens with zero attached hydrogens (tertiary/aromatic N) is 2. The molecule has 94 valence electrons. The zero-order valence-corrected chi connectivity index (χ0v) is 9.72. The maximum absolute atomic E-state index is 11.9. The molecule has 3 amide bonds. The van der Waals surface area contributed by atoms with Gasteiger partial charge in [-0.1, -0.05) is 11.6 Å². The molecule has 1 saturated heterocycles. The highest BCUT2D eigenvalue weighted by Gasteiger charge is 2.40. The highest BCUT2D eigenvalue weighted by Crippen LogP contribution is 2.22. The minimum atomic E-state index is -1.16. The molecule has 1 aliphatic heterocycles. The van der Waals surface area contributed by atoms with E-state index in [-0.39, 0.29) is 10.8 Å². The van der Waals surface area contributed by atoms with Gasteiger partial charge in [-0.2, -0.15) is 0 Å². The number of pyridine rings is 1. The minimum absolute atomic E-state index is 0.134. The summed E-state index contributed by atoms with van der Waals surface area (Å²) in [6, 6.07) is 1.06. The number of amides is 3. The van der Waals surface area contributed by atoms with E-state index in [4.69, 9.17) is 16.7 Å². The zero-order chi connectivity index (χ0) is 13.3. The summed E-state index contributed by atoms with van der Waals surface area (Å²) in [6.07, 6.45) is 0.892. The number of anilines is 1. The van der Waals surface area contributed by atoms with Crippen molar-refractivity contribution >= 4 is 35.2 Å².